The first-order valence-electron chi connectivity index (χ1n) is 22.6. The zero-order valence-electron chi connectivity index (χ0n) is 44.1. The van der Waals surface area contributed by atoms with Crippen molar-refractivity contribution in [3.8, 4) is 0 Å². The third-order valence-corrected chi connectivity index (χ3v) is 17.3. The number of hydrogen-bond acceptors (Lipinski definition) is 1. The minimum atomic E-state index is -10.2. The topological polar surface area (TPSA) is 26.0 Å². The molecule has 0 fully saturated rings. The molecule has 1 nitrogen and oxygen atoms in total. The molecule has 608 valence electrons. The zero-order chi connectivity index (χ0) is 83.7. The summed E-state index contributed by atoms with van der Waals surface area (Å²) in [6.07, 6.45) is -40.8. The van der Waals surface area contributed by atoms with Gasteiger partial charge in [0.05, 0.1) is 0 Å². The predicted molar refractivity (Wildman–Crippen MR) is 190 cm³/mol. The molecule has 0 aromatic carbocycles. The van der Waals surface area contributed by atoms with Gasteiger partial charge in [-0.2, -0.15) is 277 Å². The SMILES string of the molecule is N[Si](CCC(F)(F)C(F)(F)C(F)(F)C(F)(F)C(F)(F)C(F)(F)C(F)(F)C(F)(F)C(F)(F)C(F)(F)F)(CCC(F)(F)C(F)(F)C(F)(F)C(F)(F)C(F)(F)C(F)(F)C(F)(F)C(F)(F)C(F)(F)C(F)(F)F)CCC(F)(F)C(F)(F)C(F)(F)C(F)(F)C(F)(F)C(F)(F)C(F)(F)C(F)(F)C(F)(F)C(F)(F)F. The van der Waals surface area contributed by atoms with E-state index in [4.69, 9.17) is 0 Å². The van der Waals surface area contributed by atoms with Gasteiger partial charge in [-0.1, -0.05) is 0 Å². The lowest BCUT2D eigenvalue weighted by atomic mass is 9.86. The van der Waals surface area contributed by atoms with Crippen LogP contribution in [0.4, 0.5) is 277 Å². The third-order valence-electron chi connectivity index (χ3n) is 13.5. The lowest BCUT2D eigenvalue weighted by molar-refractivity contribution is -0.474. The van der Waals surface area contributed by atoms with Gasteiger partial charge in [0.25, 0.3) is 0 Å². The minimum Gasteiger partial charge on any atom is -0.351 e. The van der Waals surface area contributed by atoms with Gasteiger partial charge in [-0.3, -0.25) is 0 Å². The monoisotopic (exact) mass is 1680 g/mol. The largest absolute Gasteiger partial charge is 0.460 e. The molecule has 0 saturated heterocycles. The summed E-state index contributed by atoms with van der Waals surface area (Å²) in [6, 6.07) is -12.8. The summed E-state index contributed by atoms with van der Waals surface area (Å²) in [4.78, 5) is 0. The maximum Gasteiger partial charge on any atom is 0.460 e. The van der Waals surface area contributed by atoms with Crippen LogP contribution in [0.2, 0.25) is 18.1 Å². The van der Waals surface area contributed by atoms with Crippen LogP contribution in [-0.4, -0.2) is 187 Å². The first-order valence-corrected chi connectivity index (χ1v) is 25.3. The lowest BCUT2D eigenvalue weighted by Crippen LogP contribution is -2.77. The predicted octanol–water partition coefficient (Wildman–Crippen LogP) is 21.9. The number of halogens is 63. The highest BCUT2D eigenvalue weighted by Gasteiger charge is 3.02. The molecule has 0 amide bonds. The highest BCUT2D eigenvalue weighted by molar-refractivity contribution is 6.76. The Balaban J connectivity index is 8.82. The highest BCUT2D eigenvalue weighted by atomic mass is 28.3. The van der Waals surface area contributed by atoms with Crippen molar-refractivity contribution in [2.45, 2.75) is 216 Å². The normalized spacial score (nSPS) is 17.3. The number of rotatable bonds is 33. The Morgan fingerprint density at radius 3 is 0.297 bits per heavy atom. The summed E-state index contributed by atoms with van der Waals surface area (Å²) in [6.45, 7) is 0. The Morgan fingerprint density at radius 1 is 0.129 bits per heavy atom. The zero-order valence-corrected chi connectivity index (χ0v) is 45.1. The van der Waals surface area contributed by atoms with E-state index in [0.29, 0.717) is 0 Å². The maximum absolute atomic E-state index is 15.0. The molecule has 0 atom stereocenters. The molecule has 0 radical (unpaired) electrons. The van der Waals surface area contributed by atoms with Gasteiger partial charge in [0.2, 0.25) is 0 Å². The lowest BCUT2D eigenvalue weighted by Gasteiger charge is -2.45. The Bertz CT molecular complexity index is 2580. The van der Waals surface area contributed by atoms with Gasteiger partial charge >= 0.3 is 178 Å². The molecule has 0 aromatic heterocycles. The van der Waals surface area contributed by atoms with Gasteiger partial charge in [-0.05, 0) is 18.1 Å². The van der Waals surface area contributed by atoms with E-state index in [1.165, 1.54) is 0 Å². The van der Waals surface area contributed by atoms with Crippen molar-refractivity contribution in [2.24, 2.45) is 5.40 Å². The summed E-state index contributed by atoms with van der Waals surface area (Å²) in [5, 5.41) is 4.53. The number of nitrogens with two attached hydrogens (primary N) is 1. The van der Waals surface area contributed by atoms with Crippen molar-refractivity contribution in [1.82, 2.24) is 0 Å². The highest BCUT2D eigenvalue weighted by Crippen LogP contribution is 2.72. The number of hydrogen-bond donors (Lipinski definition) is 1. The Kier molecular flexibility index (Phi) is 23.4. The molecule has 0 aliphatic heterocycles. The molecule has 101 heavy (non-hydrogen) atoms. The van der Waals surface area contributed by atoms with E-state index in [1.54, 1.807) is 0 Å². The van der Waals surface area contributed by atoms with Crippen LogP contribution in [-0.2, 0) is 0 Å². The fraction of sp³-hybridized carbons (Fsp3) is 1.00. The van der Waals surface area contributed by atoms with Gasteiger partial charge < -0.3 is 5.40 Å². The quantitative estimate of drug-likeness (QED) is 0.0514. The van der Waals surface area contributed by atoms with E-state index in [1.807, 2.05) is 0 Å². The van der Waals surface area contributed by atoms with E-state index in [9.17, 15) is 277 Å². The standard InChI is InChI=1S/C36H14F63NSi/c37-7(38,10(43,44)13(49,50)16(55,56)19(61,62)22(67,68)25(73,74)28(79,80)31(85,86)34(91,92)93)1-4-101(100,5-2-8(39,40)11(45,46)14(51,52)17(57,58)20(63,64)23(69,70)26(75,76)29(81,82)32(87,88)35(94,95)96)6-3-9(41,42)12(47,48)15(53,54)18(59,60)21(65,66)24(71,72)27(77,78)30(83,84)33(89,90)36(97,98)99/h1-6,100H2. The smallest absolute Gasteiger partial charge is 0.351 e. The van der Waals surface area contributed by atoms with E-state index in [0.717, 1.165) is 0 Å². The van der Waals surface area contributed by atoms with E-state index >= 15 is 0 Å². The first-order chi connectivity index (χ1) is 42.4. The molecular weight excluding hydrogens is 1670 g/mol. The summed E-state index contributed by atoms with van der Waals surface area (Å²) in [5.74, 6) is -263. The van der Waals surface area contributed by atoms with Crippen LogP contribution in [0.3, 0.4) is 0 Å². The molecule has 0 spiro atoms. The Morgan fingerprint density at radius 2 is 0.208 bits per heavy atom. The second-order valence-electron chi connectivity index (χ2n) is 20.3. The maximum atomic E-state index is 15.0. The number of alkyl halides is 63. The van der Waals surface area contributed by atoms with Gasteiger partial charge in [0, 0.05) is 19.3 Å². The molecule has 0 aliphatic carbocycles. The van der Waals surface area contributed by atoms with Crippen LogP contribution < -0.4 is 5.40 Å². The molecule has 0 bridgehead atoms. The van der Waals surface area contributed by atoms with Crippen molar-refractivity contribution < 1.29 is 277 Å². The minimum absolute atomic E-state index is 4.28. The van der Waals surface area contributed by atoms with Crippen LogP contribution in [0.5, 0.6) is 0 Å². The molecule has 0 aliphatic rings. The fourth-order valence-electron chi connectivity index (χ4n) is 6.84. The fourth-order valence-corrected chi connectivity index (χ4v) is 10.0. The van der Waals surface area contributed by atoms with Crippen LogP contribution in [0.1, 0.15) is 19.3 Å². The molecule has 65 heteroatoms. The molecular formula is C36H14F63NSi. The van der Waals surface area contributed by atoms with Gasteiger partial charge in [-0.15, -0.1) is 0 Å². The molecule has 0 aromatic rings. The summed E-state index contributed by atoms with van der Waals surface area (Å²) < 4.78 is 875. The Hall–Kier alpha value is -4.23. The van der Waals surface area contributed by atoms with Crippen molar-refractivity contribution in [2.75, 3.05) is 0 Å². The summed E-state index contributed by atoms with van der Waals surface area (Å²) in [5.41, 5.74) is 0. The van der Waals surface area contributed by atoms with Crippen molar-refractivity contribution >= 4 is 8.24 Å². The van der Waals surface area contributed by atoms with Crippen molar-refractivity contribution in [1.29, 1.82) is 0 Å². The van der Waals surface area contributed by atoms with Crippen LogP contribution >= 0.6 is 0 Å². The second-order valence-corrected chi connectivity index (χ2v) is 24.5. The van der Waals surface area contributed by atoms with Crippen LogP contribution in [0.25, 0.3) is 0 Å². The van der Waals surface area contributed by atoms with E-state index < -0.39 is 224 Å². The van der Waals surface area contributed by atoms with E-state index in [-0.39, 0.29) is 0 Å². The molecule has 0 unspecified atom stereocenters. The van der Waals surface area contributed by atoms with Gasteiger partial charge in [-0.25, -0.2) is 0 Å². The molecule has 0 saturated carbocycles. The van der Waals surface area contributed by atoms with Gasteiger partial charge in [0.1, 0.15) is 8.24 Å². The molecule has 0 heterocycles. The Labute approximate surface area is 507 Å². The molecule has 0 rings (SSSR count). The van der Waals surface area contributed by atoms with Crippen molar-refractivity contribution in [3.05, 3.63) is 0 Å². The third kappa shape index (κ3) is 12.5. The molecule has 2 N–H and O–H groups in total. The van der Waals surface area contributed by atoms with Gasteiger partial charge in [0.15, 0.2) is 0 Å². The average Bonchev–Trinajstić information content (AvgIpc) is 0.696. The van der Waals surface area contributed by atoms with Crippen LogP contribution in [0.15, 0.2) is 0 Å². The second kappa shape index (κ2) is 24.4. The van der Waals surface area contributed by atoms with Crippen LogP contribution in [0, 0.1) is 0 Å². The first kappa shape index (κ1) is 96.8. The summed E-state index contributed by atoms with van der Waals surface area (Å²) >= 11 is 0. The summed E-state index contributed by atoms with van der Waals surface area (Å²) in [7, 11) is -8.15. The van der Waals surface area contributed by atoms with E-state index in [2.05, 4.69) is 5.40 Å². The average molecular weight is 1690 g/mol. The van der Waals surface area contributed by atoms with Crippen molar-refractivity contribution in [3.63, 3.8) is 0 Å².